The van der Waals surface area contributed by atoms with Gasteiger partial charge in [-0.1, -0.05) is 35.6 Å². The molecule has 0 bridgehead atoms. The van der Waals surface area contributed by atoms with Gasteiger partial charge in [0, 0.05) is 25.2 Å². The van der Waals surface area contributed by atoms with Gasteiger partial charge in [0.1, 0.15) is 5.75 Å². The van der Waals surface area contributed by atoms with Gasteiger partial charge in [-0.25, -0.2) is 13.4 Å². The highest BCUT2D eigenvalue weighted by Gasteiger charge is 2.29. The van der Waals surface area contributed by atoms with Crippen LogP contribution in [0.4, 0.5) is 5.13 Å². The zero-order valence-electron chi connectivity index (χ0n) is 24.4. The van der Waals surface area contributed by atoms with Crippen molar-refractivity contribution in [1.29, 1.82) is 0 Å². The second kappa shape index (κ2) is 13.3. The van der Waals surface area contributed by atoms with Gasteiger partial charge in [-0.15, -0.1) is 0 Å². The molecule has 0 saturated heterocycles. The van der Waals surface area contributed by atoms with E-state index in [0.717, 1.165) is 34.5 Å². The van der Waals surface area contributed by atoms with E-state index < -0.39 is 10.0 Å². The number of hydrogen-bond donors (Lipinski definition) is 0. The Hall–Kier alpha value is -3.02. The summed E-state index contributed by atoms with van der Waals surface area (Å²) in [5.41, 5.74) is 3.44. The normalized spacial score (nSPS) is 13.6. The van der Waals surface area contributed by atoms with Gasteiger partial charge in [0.05, 0.1) is 21.7 Å². The number of halogens is 1. The Morgan fingerprint density at radius 1 is 1.05 bits per heavy atom. The molecular formula is C30H35ClN4O4S2. The average molecular weight is 615 g/mol. The van der Waals surface area contributed by atoms with Crippen molar-refractivity contribution in [2.45, 2.75) is 31.2 Å². The molecule has 0 spiro atoms. The van der Waals surface area contributed by atoms with Crippen LogP contribution in [0.1, 0.15) is 36.3 Å². The largest absolute Gasteiger partial charge is 1.00 e. The first-order valence-electron chi connectivity index (χ1n) is 13.4. The standard InChI is InChI=1S/C30H34N4O4S2.ClH/c1-4-38-25-12-15-27-28(20-25)39-30(31-27)34(18-7-17-32(2)3)29(35)23-10-13-26(14-11-23)40(36,37)33-19-16-22-8-5-6-9-24(22)21-33;/h5-6,8-15,20H,4,7,16-19,21H2,1-3H3;1H. The van der Waals surface area contributed by atoms with E-state index in [1.807, 2.05) is 63.5 Å². The van der Waals surface area contributed by atoms with E-state index in [0.29, 0.717) is 43.4 Å². The summed E-state index contributed by atoms with van der Waals surface area (Å²) in [6, 6.07) is 19.9. The molecule has 1 aromatic heterocycles. The molecule has 0 N–H and O–H groups in total. The van der Waals surface area contributed by atoms with Crippen molar-refractivity contribution in [1.82, 2.24) is 14.2 Å². The molecule has 0 radical (unpaired) electrons. The Kier molecular flexibility index (Phi) is 10.0. The maximum absolute atomic E-state index is 13.8. The smallest absolute Gasteiger partial charge is 1.00 e. The average Bonchev–Trinajstić information content (AvgIpc) is 3.38. The van der Waals surface area contributed by atoms with E-state index in [4.69, 9.17) is 9.72 Å². The third-order valence-electron chi connectivity index (χ3n) is 6.96. The number of amides is 1. The Bertz CT molecular complexity index is 1610. The Labute approximate surface area is 253 Å². The molecular weight excluding hydrogens is 580 g/mol. The first kappa shape index (κ1) is 30.9. The number of carbonyl (C=O) groups excluding carboxylic acids is 1. The number of sulfonamides is 1. The number of benzene rings is 3. The Balaban J connectivity index is 0.00000242. The fraction of sp³-hybridized carbons (Fsp3) is 0.333. The lowest BCUT2D eigenvalue weighted by molar-refractivity contribution is -0.0000187. The van der Waals surface area contributed by atoms with Crippen molar-refractivity contribution < 1.29 is 31.8 Å². The van der Waals surface area contributed by atoms with Gasteiger partial charge in [-0.2, -0.15) is 4.31 Å². The summed E-state index contributed by atoms with van der Waals surface area (Å²) in [5.74, 6) is 0.559. The minimum Gasteiger partial charge on any atom is -1.00 e. The van der Waals surface area contributed by atoms with Gasteiger partial charge >= 0.3 is 1.43 Å². The van der Waals surface area contributed by atoms with Crippen molar-refractivity contribution in [2.24, 2.45) is 0 Å². The Morgan fingerprint density at radius 2 is 1.78 bits per heavy atom. The maximum Gasteiger partial charge on any atom is 1.00 e. The van der Waals surface area contributed by atoms with Crippen LogP contribution < -0.4 is 22.0 Å². The molecule has 41 heavy (non-hydrogen) atoms. The molecule has 8 nitrogen and oxygen atoms in total. The van der Waals surface area contributed by atoms with Crippen molar-refractivity contribution in [3.63, 3.8) is 0 Å². The summed E-state index contributed by atoms with van der Waals surface area (Å²) in [6.45, 7) is 4.60. The molecule has 218 valence electrons. The lowest BCUT2D eigenvalue weighted by atomic mass is 10.0. The zero-order chi connectivity index (χ0) is 28.3. The highest BCUT2D eigenvalue weighted by molar-refractivity contribution is 7.89. The van der Waals surface area contributed by atoms with Crippen molar-refractivity contribution in [3.05, 3.63) is 83.4 Å². The molecule has 0 fully saturated rings. The lowest BCUT2D eigenvalue weighted by Crippen LogP contribution is -3.00. The highest BCUT2D eigenvalue weighted by Crippen LogP contribution is 2.33. The van der Waals surface area contributed by atoms with E-state index in [2.05, 4.69) is 4.90 Å². The van der Waals surface area contributed by atoms with Crippen LogP contribution in [-0.4, -0.2) is 68.9 Å². The second-order valence-electron chi connectivity index (χ2n) is 10.1. The first-order valence-corrected chi connectivity index (χ1v) is 15.7. The molecule has 1 aliphatic heterocycles. The fourth-order valence-corrected chi connectivity index (χ4v) is 7.28. The van der Waals surface area contributed by atoms with Gasteiger partial charge in [0.2, 0.25) is 10.0 Å². The SMILES string of the molecule is CCOc1ccc2nc(N(CCCN(C)C)C(=O)c3ccc(S(=O)(=O)N4CCc5ccccc5C4)cc3)sc2c1.[Cl-].[H+]. The predicted octanol–water partition coefficient (Wildman–Crippen LogP) is 2.16. The minimum absolute atomic E-state index is 0. The van der Waals surface area contributed by atoms with Crippen LogP contribution in [0.2, 0.25) is 0 Å². The molecule has 3 aromatic carbocycles. The summed E-state index contributed by atoms with van der Waals surface area (Å²) < 4.78 is 34.9. The van der Waals surface area contributed by atoms with Crippen LogP contribution in [0.15, 0.2) is 71.6 Å². The number of carbonyl (C=O) groups is 1. The number of hydrogen-bond acceptors (Lipinski definition) is 7. The van der Waals surface area contributed by atoms with Crippen molar-refractivity contribution in [2.75, 3.05) is 45.2 Å². The molecule has 0 aliphatic carbocycles. The third-order valence-corrected chi connectivity index (χ3v) is 9.86. The molecule has 5 rings (SSSR count). The van der Waals surface area contributed by atoms with Crippen LogP contribution in [0.5, 0.6) is 5.75 Å². The number of nitrogens with zero attached hydrogens (tertiary/aromatic N) is 4. The number of ether oxygens (including phenoxy) is 1. The molecule has 11 heteroatoms. The molecule has 1 aliphatic rings. The predicted molar refractivity (Wildman–Crippen MR) is 161 cm³/mol. The number of anilines is 1. The number of aromatic nitrogens is 1. The van der Waals surface area contributed by atoms with E-state index in [9.17, 15) is 13.2 Å². The van der Waals surface area contributed by atoms with Gasteiger partial charge < -0.3 is 22.0 Å². The highest BCUT2D eigenvalue weighted by atomic mass is 35.5. The monoisotopic (exact) mass is 614 g/mol. The number of fused-ring (bicyclic) bond motifs is 2. The molecule has 0 saturated carbocycles. The van der Waals surface area contributed by atoms with Gasteiger partial charge in [-0.05, 0) is 94.0 Å². The van der Waals surface area contributed by atoms with E-state index in [1.165, 1.54) is 33.3 Å². The number of rotatable bonds is 10. The van der Waals surface area contributed by atoms with Gasteiger partial charge in [0.15, 0.2) is 5.13 Å². The summed E-state index contributed by atoms with van der Waals surface area (Å²) in [5, 5.41) is 0.607. The van der Waals surface area contributed by atoms with Crippen molar-refractivity contribution >= 4 is 42.6 Å². The molecule has 4 aromatic rings. The second-order valence-corrected chi connectivity index (χ2v) is 13.0. The number of thiazole rings is 1. The minimum atomic E-state index is -3.69. The van der Waals surface area contributed by atoms with Crippen LogP contribution in [0.3, 0.4) is 0 Å². The van der Waals surface area contributed by atoms with Gasteiger partial charge in [0.25, 0.3) is 5.91 Å². The Morgan fingerprint density at radius 3 is 2.49 bits per heavy atom. The molecule has 0 atom stereocenters. The van der Waals surface area contributed by atoms with E-state index in [-0.39, 0.29) is 24.6 Å². The fourth-order valence-electron chi connectivity index (χ4n) is 4.84. The van der Waals surface area contributed by atoms with Crippen LogP contribution >= 0.6 is 11.3 Å². The summed E-state index contributed by atoms with van der Waals surface area (Å²) in [6.07, 6.45) is 1.45. The zero-order valence-corrected chi connectivity index (χ0v) is 25.8. The topological polar surface area (TPSA) is 83.0 Å². The summed E-state index contributed by atoms with van der Waals surface area (Å²) in [4.78, 5) is 22.5. The van der Waals surface area contributed by atoms with Crippen LogP contribution in [-0.2, 0) is 23.0 Å². The molecule has 0 unspecified atom stereocenters. The van der Waals surface area contributed by atoms with Crippen LogP contribution in [0, 0.1) is 0 Å². The molecule has 2 heterocycles. The quantitative estimate of drug-likeness (QED) is 0.272. The summed E-state index contributed by atoms with van der Waals surface area (Å²) in [7, 11) is 0.310. The molecule has 1 amide bonds. The van der Waals surface area contributed by atoms with E-state index >= 15 is 0 Å². The van der Waals surface area contributed by atoms with Crippen molar-refractivity contribution in [3.8, 4) is 5.75 Å². The van der Waals surface area contributed by atoms with E-state index in [1.54, 1.807) is 17.0 Å². The first-order chi connectivity index (χ1) is 19.3. The van der Waals surface area contributed by atoms with Crippen LogP contribution in [0.25, 0.3) is 10.2 Å². The maximum atomic E-state index is 13.8. The third kappa shape index (κ3) is 6.90. The van der Waals surface area contributed by atoms with Gasteiger partial charge in [-0.3, -0.25) is 9.69 Å². The summed E-state index contributed by atoms with van der Waals surface area (Å²) >= 11 is 1.45. The lowest BCUT2D eigenvalue weighted by Gasteiger charge is -2.28.